The number of guanidine groups is 1. The molecule has 3 rings (SSSR count). The number of aromatic nitrogens is 1. The fourth-order valence-corrected chi connectivity index (χ4v) is 3.86. The summed E-state index contributed by atoms with van der Waals surface area (Å²) in [6.07, 6.45) is 2.86. The Labute approximate surface area is 168 Å². The summed E-state index contributed by atoms with van der Waals surface area (Å²) in [5, 5.41) is 23.0. The van der Waals surface area contributed by atoms with Crippen LogP contribution in [0.3, 0.4) is 0 Å². The topological polar surface area (TPSA) is 72.4 Å². The zero-order chi connectivity index (χ0) is 19.3. The van der Waals surface area contributed by atoms with Crippen molar-refractivity contribution < 1.29 is 5.11 Å². The number of aromatic amines is 1. The summed E-state index contributed by atoms with van der Waals surface area (Å²) in [5.41, 5.74) is 2.21. The number of aliphatic hydroxyl groups is 1. The first-order valence-corrected chi connectivity index (χ1v) is 10.3. The van der Waals surface area contributed by atoms with Crippen molar-refractivity contribution >= 4 is 39.8 Å². The second-order valence-corrected chi connectivity index (χ2v) is 7.88. The molecule has 0 saturated heterocycles. The molecule has 0 saturated carbocycles. The third-order valence-corrected chi connectivity index (χ3v) is 5.37. The maximum absolute atomic E-state index is 10.6. The number of rotatable bonds is 7. The average Bonchev–Trinajstić information content (AvgIpc) is 3.30. The van der Waals surface area contributed by atoms with Crippen molar-refractivity contribution in [2.75, 3.05) is 19.6 Å². The summed E-state index contributed by atoms with van der Waals surface area (Å²) < 4.78 is 0. The van der Waals surface area contributed by atoms with Gasteiger partial charge in [-0.1, -0.05) is 11.6 Å². The van der Waals surface area contributed by atoms with Gasteiger partial charge in [-0.05, 0) is 66.4 Å². The maximum Gasteiger partial charge on any atom is 0.191 e. The third kappa shape index (κ3) is 5.03. The molecule has 0 spiro atoms. The van der Waals surface area contributed by atoms with Gasteiger partial charge in [-0.15, -0.1) is 0 Å². The van der Waals surface area contributed by atoms with Gasteiger partial charge in [0.05, 0.1) is 6.54 Å². The van der Waals surface area contributed by atoms with Crippen LogP contribution in [0.2, 0.25) is 5.02 Å². The lowest BCUT2D eigenvalue weighted by atomic mass is 10.00. The van der Waals surface area contributed by atoms with Gasteiger partial charge in [-0.3, -0.25) is 0 Å². The van der Waals surface area contributed by atoms with Crippen molar-refractivity contribution in [1.82, 2.24) is 15.6 Å². The highest BCUT2D eigenvalue weighted by molar-refractivity contribution is 7.08. The van der Waals surface area contributed by atoms with E-state index in [1.165, 1.54) is 5.56 Å². The normalized spacial score (nSPS) is 14.3. The minimum atomic E-state index is -0.976. The van der Waals surface area contributed by atoms with Gasteiger partial charge in [0.2, 0.25) is 0 Å². The number of hydrogen-bond donors (Lipinski definition) is 4. The van der Waals surface area contributed by atoms with Crippen molar-refractivity contribution in [2.45, 2.75) is 25.9 Å². The van der Waals surface area contributed by atoms with Crippen molar-refractivity contribution in [2.24, 2.45) is 4.99 Å². The van der Waals surface area contributed by atoms with Gasteiger partial charge in [0.1, 0.15) is 5.60 Å². The van der Waals surface area contributed by atoms with Gasteiger partial charge in [-0.25, -0.2) is 4.99 Å². The molecule has 0 aliphatic carbocycles. The van der Waals surface area contributed by atoms with E-state index in [4.69, 9.17) is 11.6 Å². The molecule has 1 unspecified atom stereocenters. The molecule has 0 aliphatic rings. The van der Waals surface area contributed by atoms with E-state index < -0.39 is 5.60 Å². The number of hydrogen-bond acceptors (Lipinski definition) is 3. The second-order valence-electron chi connectivity index (χ2n) is 6.66. The zero-order valence-corrected chi connectivity index (χ0v) is 17.1. The number of H-pyrrole nitrogens is 1. The van der Waals surface area contributed by atoms with Crippen LogP contribution >= 0.6 is 22.9 Å². The first kappa shape index (κ1) is 19.7. The summed E-state index contributed by atoms with van der Waals surface area (Å²) in [7, 11) is 0. The standard InChI is InChI=1S/C20H25ClN4OS/c1-3-22-19(25-13-20(2,26)15-7-9-27-12-15)23-8-6-14-11-24-18-5-4-16(21)10-17(14)18/h4-5,7,9-12,24,26H,3,6,8,13H2,1-2H3,(H2,22,23,25). The van der Waals surface area contributed by atoms with E-state index in [0.717, 1.165) is 41.0 Å². The van der Waals surface area contributed by atoms with Gasteiger partial charge >= 0.3 is 0 Å². The number of benzene rings is 1. The molecule has 7 heteroatoms. The molecule has 4 N–H and O–H groups in total. The van der Waals surface area contributed by atoms with Crippen molar-refractivity contribution in [1.29, 1.82) is 0 Å². The van der Waals surface area contributed by atoms with Gasteiger partial charge in [0.15, 0.2) is 5.96 Å². The highest BCUT2D eigenvalue weighted by Crippen LogP contribution is 2.24. The minimum Gasteiger partial charge on any atom is -0.383 e. The summed E-state index contributed by atoms with van der Waals surface area (Å²) in [4.78, 5) is 7.83. The van der Waals surface area contributed by atoms with E-state index >= 15 is 0 Å². The Morgan fingerprint density at radius 2 is 2.19 bits per heavy atom. The van der Waals surface area contributed by atoms with Crippen LogP contribution in [0.25, 0.3) is 10.9 Å². The molecular formula is C20H25ClN4OS. The quantitative estimate of drug-likeness (QED) is 0.356. The largest absolute Gasteiger partial charge is 0.383 e. The van der Waals surface area contributed by atoms with E-state index in [0.29, 0.717) is 12.5 Å². The minimum absolute atomic E-state index is 0.293. The molecule has 0 radical (unpaired) electrons. The fourth-order valence-electron chi connectivity index (χ4n) is 2.91. The van der Waals surface area contributed by atoms with Crippen LogP contribution in [0.1, 0.15) is 25.0 Å². The van der Waals surface area contributed by atoms with E-state index in [1.807, 2.05) is 48.1 Å². The number of thiophene rings is 1. The molecule has 0 aliphatic heterocycles. The number of aliphatic imine (C=N–C) groups is 1. The molecule has 144 valence electrons. The molecule has 1 aromatic carbocycles. The molecule has 2 aromatic heterocycles. The van der Waals surface area contributed by atoms with Crippen LogP contribution in [0.15, 0.2) is 46.2 Å². The average molecular weight is 405 g/mol. The summed E-state index contributed by atoms with van der Waals surface area (Å²) in [6.45, 7) is 5.59. The first-order chi connectivity index (χ1) is 13.0. The Balaban J connectivity index is 1.61. The van der Waals surface area contributed by atoms with Crippen LogP contribution in [0.4, 0.5) is 0 Å². The molecule has 0 bridgehead atoms. The number of fused-ring (bicyclic) bond motifs is 1. The first-order valence-electron chi connectivity index (χ1n) is 9.02. The molecule has 1 atom stereocenters. The summed E-state index contributed by atoms with van der Waals surface area (Å²) in [5.74, 6) is 0.700. The van der Waals surface area contributed by atoms with Gasteiger partial charge in [0.25, 0.3) is 0 Å². The molecule has 3 aromatic rings. The highest BCUT2D eigenvalue weighted by Gasteiger charge is 2.23. The van der Waals surface area contributed by atoms with Crippen LogP contribution in [0, 0.1) is 0 Å². The predicted molar refractivity (Wildman–Crippen MR) is 115 cm³/mol. The lowest BCUT2D eigenvalue weighted by Crippen LogP contribution is -2.39. The van der Waals surface area contributed by atoms with E-state index in [2.05, 4.69) is 20.6 Å². The highest BCUT2D eigenvalue weighted by atomic mass is 35.5. The predicted octanol–water partition coefficient (Wildman–Crippen LogP) is 3.89. The van der Waals surface area contributed by atoms with Crippen LogP contribution in [-0.2, 0) is 12.0 Å². The SMILES string of the molecule is CCNC(=NCC(C)(O)c1ccsc1)NCCc1c[nH]c2ccc(Cl)cc12. The Kier molecular flexibility index (Phi) is 6.42. The molecule has 0 amide bonds. The van der Waals surface area contributed by atoms with Gasteiger partial charge < -0.3 is 20.7 Å². The van der Waals surface area contributed by atoms with Crippen LogP contribution < -0.4 is 10.6 Å². The number of nitrogens with zero attached hydrogens (tertiary/aromatic N) is 1. The number of nitrogens with one attached hydrogen (secondary N) is 3. The maximum atomic E-state index is 10.6. The van der Waals surface area contributed by atoms with Crippen molar-refractivity contribution in [3.63, 3.8) is 0 Å². The lowest BCUT2D eigenvalue weighted by molar-refractivity contribution is 0.0677. The molecule has 2 heterocycles. The Hall–Kier alpha value is -2.02. The van der Waals surface area contributed by atoms with E-state index in [1.54, 1.807) is 18.3 Å². The van der Waals surface area contributed by atoms with Gasteiger partial charge in [-0.2, -0.15) is 11.3 Å². The Bertz CT molecular complexity index is 902. The monoisotopic (exact) mass is 404 g/mol. The fraction of sp³-hybridized carbons (Fsp3) is 0.350. The van der Waals surface area contributed by atoms with Crippen molar-refractivity contribution in [3.05, 3.63) is 57.4 Å². The number of halogens is 1. The molecular weight excluding hydrogens is 380 g/mol. The molecule has 0 fully saturated rings. The van der Waals surface area contributed by atoms with E-state index in [-0.39, 0.29) is 0 Å². The summed E-state index contributed by atoms with van der Waals surface area (Å²) in [6, 6.07) is 7.80. The molecule has 5 nitrogen and oxygen atoms in total. The zero-order valence-electron chi connectivity index (χ0n) is 15.6. The van der Waals surface area contributed by atoms with E-state index in [9.17, 15) is 5.11 Å². The lowest BCUT2D eigenvalue weighted by Gasteiger charge is -2.21. The van der Waals surface area contributed by atoms with Crippen molar-refractivity contribution in [3.8, 4) is 0 Å². The summed E-state index contributed by atoms with van der Waals surface area (Å²) >= 11 is 7.69. The van der Waals surface area contributed by atoms with Gasteiger partial charge in [0, 0.05) is 35.2 Å². The Morgan fingerprint density at radius 1 is 1.33 bits per heavy atom. The molecule has 27 heavy (non-hydrogen) atoms. The third-order valence-electron chi connectivity index (χ3n) is 4.45. The van der Waals surface area contributed by atoms with Crippen LogP contribution in [-0.4, -0.2) is 35.7 Å². The second kappa shape index (κ2) is 8.78. The Morgan fingerprint density at radius 3 is 2.93 bits per heavy atom. The van der Waals surface area contributed by atoms with Crippen LogP contribution in [0.5, 0.6) is 0 Å². The smallest absolute Gasteiger partial charge is 0.191 e.